The van der Waals surface area contributed by atoms with Crippen LogP contribution in [-0.4, -0.2) is 35.9 Å². The van der Waals surface area contributed by atoms with Gasteiger partial charge in [-0.2, -0.15) is 0 Å². The van der Waals surface area contributed by atoms with Gasteiger partial charge in [-0.05, 0) is 32.0 Å². The molecular weight excluding hydrogens is 335 g/mol. The molecule has 1 N–H and O–H groups in total. The molecule has 1 atom stereocenters. The number of benzene rings is 2. The van der Waals surface area contributed by atoms with Crippen molar-refractivity contribution in [2.45, 2.75) is 26.4 Å². The van der Waals surface area contributed by atoms with Crippen LogP contribution in [0.3, 0.4) is 0 Å². The van der Waals surface area contributed by atoms with E-state index in [1.165, 1.54) is 11.0 Å². The number of nitrogens with one attached hydrogen (secondary N) is 1. The highest BCUT2D eigenvalue weighted by molar-refractivity contribution is 5.87. The van der Waals surface area contributed by atoms with E-state index in [2.05, 4.69) is 5.32 Å². The second-order valence-electron chi connectivity index (χ2n) is 5.79. The molecule has 2 aromatic carbocycles. The Morgan fingerprint density at radius 1 is 1.12 bits per heavy atom. The van der Waals surface area contributed by atoms with Gasteiger partial charge in [-0.3, -0.25) is 9.59 Å². The van der Waals surface area contributed by atoms with Gasteiger partial charge in [-0.1, -0.05) is 36.4 Å². The molecule has 0 aliphatic rings. The van der Waals surface area contributed by atoms with Crippen LogP contribution in [0.2, 0.25) is 0 Å². The van der Waals surface area contributed by atoms with Crippen LogP contribution in [0.1, 0.15) is 19.4 Å². The van der Waals surface area contributed by atoms with Gasteiger partial charge >= 0.3 is 0 Å². The Hall–Kier alpha value is -2.89. The molecule has 0 radical (unpaired) electrons. The van der Waals surface area contributed by atoms with E-state index in [-0.39, 0.29) is 19.1 Å². The number of hydrogen-bond acceptors (Lipinski definition) is 3. The summed E-state index contributed by atoms with van der Waals surface area (Å²) in [4.78, 5) is 26.2. The van der Waals surface area contributed by atoms with E-state index in [0.29, 0.717) is 17.9 Å². The minimum Gasteiger partial charge on any atom is -0.484 e. The zero-order chi connectivity index (χ0) is 18.9. The molecule has 26 heavy (non-hydrogen) atoms. The fraction of sp³-hybridized carbons (Fsp3) is 0.300. The van der Waals surface area contributed by atoms with Crippen molar-refractivity contribution in [3.05, 3.63) is 66.0 Å². The number of ether oxygens (including phenoxy) is 1. The second-order valence-corrected chi connectivity index (χ2v) is 5.79. The molecule has 0 saturated heterocycles. The van der Waals surface area contributed by atoms with E-state index >= 15 is 0 Å². The van der Waals surface area contributed by atoms with E-state index in [9.17, 15) is 14.0 Å². The quantitative estimate of drug-likeness (QED) is 0.789. The SMILES string of the molecule is CCNC(=O)[C@@H](C)N(Cc1ccccc1F)C(=O)COc1ccccc1. The normalized spacial score (nSPS) is 11.5. The van der Waals surface area contributed by atoms with Crippen LogP contribution in [0.15, 0.2) is 54.6 Å². The molecule has 2 rings (SSSR count). The molecule has 0 spiro atoms. The fourth-order valence-corrected chi connectivity index (χ4v) is 2.46. The zero-order valence-corrected chi connectivity index (χ0v) is 14.9. The van der Waals surface area contributed by atoms with Crippen molar-refractivity contribution >= 4 is 11.8 Å². The van der Waals surface area contributed by atoms with E-state index in [0.717, 1.165) is 0 Å². The average molecular weight is 358 g/mol. The Kier molecular flexibility index (Phi) is 7.14. The molecular formula is C20H23FN2O3. The Balaban J connectivity index is 2.14. The highest BCUT2D eigenvalue weighted by atomic mass is 19.1. The molecule has 5 nitrogen and oxygen atoms in total. The summed E-state index contributed by atoms with van der Waals surface area (Å²) in [7, 11) is 0. The highest BCUT2D eigenvalue weighted by Crippen LogP contribution is 2.14. The molecule has 0 heterocycles. The Morgan fingerprint density at radius 3 is 2.42 bits per heavy atom. The zero-order valence-electron chi connectivity index (χ0n) is 14.9. The lowest BCUT2D eigenvalue weighted by Crippen LogP contribution is -2.49. The molecule has 0 unspecified atom stereocenters. The molecule has 0 bridgehead atoms. The number of hydrogen-bond donors (Lipinski definition) is 1. The van der Waals surface area contributed by atoms with Crippen molar-refractivity contribution in [2.24, 2.45) is 0 Å². The Labute approximate surface area is 152 Å². The average Bonchev–Trinajstić information content (AvgIpc) is 2.66. The first-order chi connectivity index (χ1) is 12.5. The lowest BCUT2D eigenvalue weighted by molar-refractivity contribution is -0.142. The molecule has 0 fully saturated rings. The number of carbonyl (C=O) groups is 2. The second kappa shape index (κ2) is 9.56. The number of amides is 2. The van der Waals surface area contributed by atoms with Crippen molar-refractivity contribution in [1.82, 2.24) is 10.2 Å². The summed E-state index contributed by atoms with van der Waals surface area (Å²) < 4.78 is 19.5. The molecule has 138 valence electrons. The third-order valence-electron chi connectivity index (χ3n) is 3.92. The van der Waals surface area contributed by atoms with Crippen molar-refractivity contribution in [2.75, 3.05) is 13.2 Å². The maximum atomic E-state index is 14.0. The summed E-state index contributed by atoms with van der Waals surface area (Å²) >= 11 is 0. The summed E-state index contributed by atoms with van der Waals surface area (Å²) in [6.45, 7) is 3.62. The molecule has 0 aliphatic carbocycles. The van der Waals surface area contributed by atoms with Gasteiger partial charge in [-0.25, -0.2) is 4.39 Å². The Morgan fingerprint density at radius 2 is 1.77 bits per heavy atom. The van der Waals surface area contributed by atoms with Crippen LogP contribution < -0.4 is 10.1 Å². The third kappa shape index (κ3) is 5.31. The largest absolute Gasteiger partial charge is 0.484 e. The lowest BCUT2D eigenvalue weighted by Gasteiger charge is -2.28. The lowest BCUT2D eigenvalue weighted by atomic mass is 10.1. The van der Waals surface area contributed by atoms with E-state index in [1.54, 1.807) is 56.3 Å². The minimum atomic E-state index is -0.749. The first kappa shape index (κ1) is 19.4. The first-order valence-corrected chi connectivity index (χ1v) is 8.51. The predicted octanol–water partition coefficient (Wildman–Crippen LogP) is 2.76. The topological polar surface area (TPSA) is 58.6 Å². The fourth-order valence-electron chi connectivity index (χ4n) is 2.46. The maximum Gasteiger partial charge on any atom is 0.261 e. The predicted molar refractivity (Wildman–Crippen MR) is 97.0 cm³/mol. The van der Waals surface area contributed by atoms with E-state index in [1.807, 2.05) is 6.07 Å². The number of para-hydroxylation sites is 1. The number of rotatable bonds is 8. The summed E-state index contributed by atoms with van der Waals surface area (Å²) in [5, 5.41) is 2.69. The summed E-state index contributed by atoms with van der Waals surface area (Å²) in [5.74, 6) is -0.553. The van der Waals surface area contributed by atoms with Gasteiger partial charge in [0.15, 0.2) is 6.61 Å². The molecule has 2 amide bonds. The van der Waals surface area contributed by atoms with Gasteiger partial charge in [-0.15, -0.1) is 0 Å². The van der Waals surface area contributed by atoms with E-state index in [4.69, 9.17) is 4.74 Å². The standard InChI is InChI=1S/C20H23FN2O3/c1-3-22-20(25)15(2)23(13-16-9-7-8-12-18(16)21)19(24)14-26-17-10-5-4-6-11-17/h4-12,15H,3,13-14H2,1-2H3,(H,22,25)/t15-/m1/s1. The number of likely N-dealkylation sites (N-methyl/N-ethyl adjacent to an activating group) is 1. The van der Waals surface area contributed by atoms with Gasteiger partial charge in [0.1, 0.15) is 17.6 Å². The van der Waals surface area contributed by atoms with Crippen LogP contribution in [-0.2, 0) is 16.1 Å². The van der Waals surface area contributed by atoms with Gasteiger partial charge in [0.25, 0.3) is 5.91 Å². The summed E-state index contributed by atoms with van der Waals surface area (Å²) in [6.07, 6.45) is 0. The van der Waals surface area contributed by atoms with Gasteiger partial charge in [0.2, 0.25) is 5.91 Å². The van der Waals surface area contributed by atoms with Crippen molar-refractivity contribution in [3.8, 4) is 5.75 Å². The van der Waals surface area contributed by atoms with Crippen LogP contribution in [0.4, 0.5) is 4.39 Å². The van der Waals surface area contributed by atoms with E-state index < -0.39 is 17.8 Å². The molecule has 0 aliphatic heterocycles. The molecule has 0 aromatic heterocycles. The first-order valence-electron chi connectivity index (χ1n) is 8.51. The molecule has 6 heteroatoms. The van der Waals surface area contributed by atoms with Gasteiger partial charge in [0, 0.05) is 18.7 Å². The van der Waals surface area contributed by atoms with Gasteiger partial charge in [0.05, 0.1) is 0 Å². The van der Waals surface area contributed by atoms with Crippen molar-refractivity contribution < 1.29 is 18.7 Å². The third-order valence-corrected chi connectivity index (χ3v) is 3.92. The summed E-state index contributed by atoms with van der Waals surface area (Å²) in [5.41, 5.74) is 0.344. The smallest absolute Gasteiger partial charge is 0.261 e. The van der Waals surface area contributed by atoms with Crippen molar-refractivity contribution in [1.29, 1.82) is 0 Å². The van der Waals surface area contributed by atoms with Gasteiger partial charge < -0.3 is 15.0 Å². The van der Waals surface area contributed by atoms with Crippen molar-refractivity contribution in [3.63, 3.8) is 0 Å². The summed E-state index contributed by atoms with van der Waals surface area (Å²) in [6, 6.07) is 14.4. The number of carbonyl (C=O) groups excluding carboxylic acids is 2. The van der Waals surface area contributed by atoms with Crippen LogP contribution >= 0.6 is 0 Å². The number of halogens is 1. The Bertz CT molecular complexity index is 737. The molecule has 2 aromatic rings. The molecule has 0 saturated carbocycles. The van der Waals surface area contributed by atoms with Crippen LogP contribution in [0.25, 0.3) is 0 Å². The highest BCUT2D eigenvalue weighted by Gasteiger charge is 2.26. The van der Waals surface area contributed by atoms with Crippen LogP contribution in [0, 0.1) is 5.82 Å². The monoisotopic (exact) mass is 358 g/mol. The number of nitrogens with zero attached hydrogens (tertiary/aromatic N) is 1. The minimum absolute atomic E-state index is 0.0119. The van der Waals surface area contributed by atoms with Crippen LogP contribution in [0.5, 0.6) is 5.75 Å². The maximum absolute atomic E-state index is 14.0.